The lowest BCUT2D eigenvalue weighted by Crippen LogP contribution is -2.28. The van der Waals surface area contributed by atoms with E-state index in [2.05, 4.69) is 27.8 Å². The van der Waals surface area contributed by atoms with Crippen LogP contribution in [-0.4, -0.2) is 40.5 Å². The maximum Gasteiger partial charge on any atom is 0.274 e. The maximum atomic E-state index is 12.2. The smallest absolute Gasteiger partial charge is 0.274 e. The summed E-state index contributed by atoms with van der Waals surface area (Å²) in [5.74, 6) is 0.250. The lowest BCUT2D eigenvalue weighted by Gasteiger charge is -2.15. The van der Waals surface area contributed by atoms with E-state index in [0.717, 1.165) is 18.5 Å². The summed E-state index contributed by atoms with van der Waals surface area (Å²) in [6.07, 6.45) is 1.99. The highest BCUT2D eigenvalue weighted by Gasteiger charge is 2.13. The zero-order valence-electron chi connectivity index (χ0n) is 14.7. The average molecular weight is 341 g/mol. The Morgan fingerprint density at radius 1 is 1.12 bits per heavy atom. The van der Waals surface area contributed by atoms with Crippen molar-refractivity contribution < 1.29 is 9.59 Å². The average Bonchev–Trinajstić information content (AvgIpc) is 2.59. The van der Waals surface area contributed by atoms with Crippen molar-refractivity contribution in [3.63, 3.8) is 0 Å². The van der Waals surface area contributed by atoms with Gasteiger partial charge in [-0.1, -0.05) is 19.4 Å². The zero-order chi connectivity index (χ0) is 18.2. The molecule has 0 aliphatic carbocycles. The molecule has 2 N–H and O–H groups in total. The second-order valence-corrected chi connectivity index (χ2v) is 5.77. The predicted molar refractivity (Wildman–Crippen MR) is 97.9 cm³/mol. The van der Waals surface area contributed by atoms with Crippen LogP contribution < -0.4 is 10.6 Å². The number of benzene rings is 1. The highest BCUT2D eigenvalue weighted by molar-refractivity contribution is 5.92. The molecule has 1 heterocycles. The summed E-state index contributed by atoms with van der Waals surface area (Å²) in [6, 6.07) is 10.6. The van der Waals surface area contributed by atoms with Gasteiger partial charge in [0, 0.05) is 31.9 Å². The van der Waals surface area contributed by atoms with E-state index in [-0.39, 0.29) is 11.8 Å². The molecule has 0 aliphatic rings. The summed E-state index contributed by atoms with van der Waals surface area (Å²) in [7, 11) is 1.76. The first kappa shape index (κ1) is 18.4. The van der Waals surface area contributed by atoms with Crippen LogP contribution in [0.3, 0.4) is 0 Å². The number of nitrogens with one attached hydrogen (secondary N) is 2. The van der Waals surface area contributed by atoms with Gasteiger partial charge in [-0.25, -0.2) is 0 Å². The Kier molecular flexibility index (Phi) is 6.45. The second-order valence-electron chi connectivity index (χ2n) is 5.77. The van der Waals surface area contributed by atoms with Crippen LogP contribution in [-0.2, 0) is 4.79 Å². The van der Waals surface area contributed by atoms with Crippen molar-refractivity contribution in [3.05, 3.63) is 42.1 Å². The van der Waals surface area contributed by atoms with E-state index in [1.54, 1.807) is 36.2 Å². The van der Waals surface area contributed by atoms with Crippen LogP contribution >= 0.6 is 0 Å². The number of carbonyl (C=O) groups excluding carboxylic acids is 2. The first-order chi connectivity index (χ1) is 12.0. The van der Waals surface area contributed by atoms with Crippen LogP contribution in [0.15, 0.2) is 36.4 Å². The molecule has 0 bridgehead atoms. The Bertz CT molecular complexity index is 731. The summed E-state index contributed by atoms with van der Waals surface area (Å²) in [4.78, 5) is 25.0. The van der Waals surface area contributed by atoms with Crippen LogP contribution in [0.1, 0.15) is 37.2 Å². The fourth-order valence-electron chi connectivity index (χ4n) is 2.23. The Labute approximate surface area is 147 Å². The molecule has 25 heavy (non-hydrogen) atoms. The van der Waals surface area contributed by atoms with Crippen LogP contribution in [0, 0.1) is 0 Å². The monoisotopic (exact) mass is 341 g/mol. The number of hydrogen-bond acceptors (Lipinski definition) is 5. The van der Waals surface area contributed by atoms with Crippen LogP contribution in [0.4, 0.5) is 17.2 Å². The van der Waals surface area contributed by atoms with Crippen molar-refractivity contribution in [3.8, 4) is 0 Å². The number of aromatic nitrogens is 2. The van der Waals surface area contributed by atoms with E-state index in [1.807, 2.05) is 12.1 Å². The molecule has 1 aromatic heterocycles. The molecule has 2 amide bonds. The zero-order valence-corrected chi connectivity index (χ0v) is 14.7. The molecule has 0 saturated heterocycles. The molecular formula is C18H23N5O2. The fraction of sp³-hybridized carbons (Fsp3) is 0.333. The van der Waals surface area contributed by atoms with Gasteiger partial charge in [0.15, 0.2) is 11.5 Å². The Balaban J connectivity index is 2.03. The normalized spacial score (nSPS) is 10.2. The molecule has 7 heteroatoms. The van der Waals surface area contributed by atoms with Gasteiger partial charge in [0.25, 0.3) is 5.91 Å². The van der Waals surface area contributed by atoms with Crippen molar-refractivity contribution in [2.45, 2.75) is 26.7 Å². The number of hydrogen-bond donors (Lipinski definition) is 2. The van der Waals surface area contributed by atoms with Crippen molar-refractivity contribution in [1.29, 1.82) is 0 Å². The molecule has 0 spiro atoms. The molecule has 2 aromatic rings. The van der Waals surface area contributed by atoms with Crippen LogP contribution in [0.5, 0.6) is 0 Å². The summed E-state index contributed by atoms with van der Waals surface area (Å²) in [5, 5.41) is 13.9. The van der Waals surface area contributed by atoms with Gasteiger partial charge < -0.3 is 15.5 Å². The van der Waals surface area contributed by atoms with E-state index in [4.69, 9.17) is 0 Å². The highest BCUT2D eigenvalue weighted by Crippen LogP contribution is 2.18. The van der Waals surface area contributed by atoms with Gasteiger partial charge in [-0.3, -0.25) is 9.59 Å². The van der Waals surface area contributed by atoms with E-state index in [0.29, 0.717) is 23.7 Å². The lowest BCUT2D eigenvalue weighted by molar-refractivity contribution is -0.114. The summed E-state index contributed by atoms with van der Waals surface area (Å²) in [6.45, 7) is 4.24. The summed E-state index contributed by atoms with van der Waals surface area (Å²) >= 11 is 0. The predicted octanol–water partition coefficient (Wildman–Crippen LogP) is 3.05. The van der Waals surface area contributed by atoms with Gasteiger partial charge in [-0.2, -0.15) is 0 Å². The first-order valence-corrected chi connectivity index (χ1v) is 8.23. The van der Waals surface area contributed by atoms with Crippen molar-refractivity contribution in [2.75, 3.05) is 24.2 Å². The number of anilines is 3. The van der Waals surface area contributed by atoms with Gasteiger partial charge in [0.1, 0.15) is 0 Å². The molecule has 0 aliphatic heterocycles. The van der Waals surface area contributed by atoms with Crippen molar-refractivity contribution in [2.24, 2.45) is 0 Å². The van der Waals surface area contributed by atoms with Gasteiger partial charge in [0.05, 0.1) is 0 Å². The standard InChI is InChI=1S/C18H23N5O2/c1-4-5-11-23(3)18(25)16-9-10-17(22-21-16)20-15-8-6-7-14(12-15)19-13(2)24/h6-10,12H,4-5,11H2,1-3H3,(H,19,24)(H,20,22). The molecule has 0 atom stereocenters. The molecule has 2 rings (SSSR count). The third-order valence-electron chi connectivity index (χ3n) is 3.53. The van der Waals surface area contributed by atoms with Gasteiger partial charge in [0.2, 0.25) is 5.91 Å². The number of unbranched alkanes of at least 4 members (excludes halogenated alkanes) is 1. The van der Waals surface area contributed by atoms with E-state index in [9.17, 15) is 9.59 Å². The van der Waals surface area contributed by atoms with Gasteiger partial charge in [-0.15, -0.1) is 10.2 Å². The topological polar surface area (TPSA) is 87.2 Å². The third kappa shape index (κ3) is 5.56. The van der Waals surface area contributed by atoms with Crippen LogP contribution in [0.2, 0.25) is 0 Å². The molecule has 0 unspecified atom stereocenters. The maximum absolute atomic E-state index is 12.2. The van der Waals surface area contributed by atoms with Gasteiger partial charge in [-0.05, 0) is 36.8 Å². The SMILES string of the molecule is CCCCN(C)C(=O)c1ccc(Nc2cccc(NC(C)=O)c2)nn1. The van der Waals surface area contributed by atoms with E-state index < -0.39 is 0 Å². The minimum atomic E-state index is -0.139. The molecule has 132 valence electrons. The Hall–Kier alpha value is -2.96. The van der Waals surface area contributed by atoms with E-state index >= 15 is 0 Å². The highest BCUT2D eigenvalue weighted by atomic mass is 16.2. The summed E-state index contributed by atoms with van der Waals surface area (Å²) in [5.41, 5.74) is 1.77. The van der Waals surface area contributed by atoms with Gasteiger partial charge >= 0.3 is 0 Å². The molecule has 7 nitrogen and oxygen atoms in total. The first-order valence-electron chi connectivity index (χ1n) is 8.23. The van der Waals surface area contributed by atoms with Crippen molar-refractivity contribution in [1.82, 2.24) is 15.1 Å². The minimum absolute atomic E-state index is 0.132. The fourth-order valence-corrected chi connectivity index (χ4v) is 2.23. The summed E-state index contributed by atoms with van der Waals surface area (Å²) < 4.78 is 0. The number of amides is 2. The Morgan fingerprint density at radius 2 is 1.88 bits per heavy atom. The lowest BCUT2D eigenvalue weighted by atomic mass is 10.2. The molecular weight excluding hydrogens is 318 g/mol. The second kappa shape index (κ2) is 8.77. The Morgan fingerprint density at radius 3 is 2.52 bits per heavy atom. The molecule has 0 radical (unpaired) electrons. The molecule has 1 aromatic carbocycles. The van der Waals surface area contributed by atoms with Crippen molar-refractivity contribution >= 4 is 29.0 Å². The largest absolute Gasteiger partial charge is 0.340 e. The van der Waals surface area contributed by atoms with E-state index in [1.165, 1.54) is 6.92 Å². The number of rotatable bonds is 7. The third-order valence-corrected chi connectivity index (χ3v) is 3.53. The number of carbonyl (C=O) groups is 2. The number of nitrogens with zero attached hydrogens (tertiary/aromatic N) is 3. The minimum Gasteiger partial charge on any atom is -0.340 e. The quantitative estimate of drug-likeness (QED) is 0.808. The molecule has 0 fully saturated rings. The van der Waals surface area contributed by atoms with Crippen LogP contribution in [0.25, 0.3) is 0 Å². The molecule has 0 saturated carbocycles.